The molecule has 0 saturated carbocycles. The summed E-state index contributed by atoms with van der Waals surface area (Å²) < 4.78 is 15.1. The van der Waals surface area contributed by atoms with E-state index in [0.717, 1.165) is 28.9 Å². The molecule has 102 valence electrons. The van der Waals surface area contributed by atoms with Crippen molar-refractivity contribution in [1.29, 1.82) is 0 Å². The molecule has 0 unspecified atom stereocenters. The van der Waals surface area contributed by atoms with Gasteiger partial charge in [-0.2, -0.15) is 5.10 Å². The number of nitrogens with zero attached hydrogens (tertiary/aromatic N) is 2. The van der Waals surface area contributed by atoms with Gasteiger partial charge in [-0.15, -0.1) is 0 Å². The Morgan fingerprint density at radius 2 is 2.11 bits per heavy atom. The van der Waals surface area contributed by atoms with E-state index in [1.807, 2.05) is 18.5 Å². The average Bonchev–Trinajstić information content (AvgIpc) is 2.62. The SMILES string of the molecule is Cc1nn(Cc2cc(F)ccc2Cl)c(C)c1CCN. The van der Waals surface area contributed by atoms with E-state index in [2.05, 4.69) is 5.10 Å². The number of aryl methyl sites for hydroxylation is 1. The summed E-state index contributed by atoms with van der Waals surface area (Å²) in [6.45, 7) is 5.02. The average molecular weight is 282 g/mol. The third kappa shape index (κ3) is 2.96. The van der Waals surface area contributed by atoms with Crippen LogP contribution in [0.4, 0.5) is 4.39 Å². The zero-order chi connectivity index (χ0) is 14.0. The molecule has 2 N–H and O–H groups in total. The van der Waals surface area contributed by atoms with Crippen molar-refractivity contribution < 1.29 is 4.39 Å². The van der Waals surface area contributed by atoms with Crippen molar-refractivity contribution in [3.63, 3.8) is 0 Å². The van der Waals surface area contributed by atoms with E-state index in [4.69, 9.17) is 17.3 Å². The molecule has 0 aliphatic heterocycles. The maximum atomic E-state index is 13.3. The Morgan fingerprint density at radius 1 is 1.37 bits per heavy atom. The molecule has 0 atom stereocenters. The Labute approximate surface area is 117 Å². The molecule has 5 heteroatoms. The first-order valence-corrected chi connectivity index (χ1v) is 6.57. The summed E-state index contributed by atoms with van der Waals surface area (Å²) in [6.07, 6.45) is 0.800. The van der Waals surface area contributed by atoms with Gasteiger partial charge in [-0.3, -0.25) is 4.68 Å². The summed E-state index contributed by atoms with van der Waals surface area (Å²) >= 11 is 6.08. The predicted octanol–water partition coefficient (Wildman–Crippen LogP) is 2.84. The van der Waals surface area contributed by atoms with Gasteiger partial charge < -0.3 is 5.73 Å². The van der Waals surface area contributed by atoms with Crippen LogP contribution < -0.4 is 5.73 Å². The number of rotatable bonds is 4. The third-order valence-corrected chi connectivity index (χ3v) is 3.62. The molecule has 1 aromatic heterocycles. The summed E-state index contributed by atoms with van der Waals surface area (Å²) in [5.41, 5.74) is 9.51. The van der Waals surface area contributed by atoms with Gasteiger partial charge in [0.25, 0.3) is 0 Å². The standard InChI is InChI=1S/C14H17ClFN3/c1-9-13(5-6-17)10(2)19(18-9)8-11-7-12(16)3-4-14(11)15/h3-4,7H,5-6,8,17H2,1-2H3. The van der Waals surface area contributed by atoms with Crippen molar-refractivity contribution in [2.75, 3.05) is 6.54 Å². The molecule has 19 heavy (non-hydrogen) atoms. The topological polar surface area (TPSA) is 43.8 Å². The molecule has 0 saturated heterocycles. The van der Waals surface area contributed by atoms with Crippen molar-refractivity contribution in [2.45, 2.75) is 26.8 Å². The van der Waals surface area contributed by atoms with Crippen LogP contribution in [0.25, 0.3) is 0 Å². The molecule has 1 heterocycles. The maximum absolute atomic E-state index is 13.3. The molecule has 0 amide bonds. The summed E-state index contributed by atoms with van der Waals surface area (Å²) in [6, 6.07) is 4.37. The summed E-state index contributed by atoms with van der Waals surface area (Å²) in [7, 11) is 0. The lowest BCUT2D eigenvalue weighted by Crippen LogP contribution is -2.07. The van der Waals surface area contributed by atoms with Gasteiger partial charge in [0.2, 0.25) is 0 Å². The monoisotopic (exact) mass is 281 g/mol. The van der Waals surface area contributed by atoms with Crippen molar-refractivity contribution >= 4 is 11.6 Å². The summed E-state index contributed by atoms with van der Waals surface area (Å²) in [5, 5.41) is 5.03. The highest BCUT2D eigenvalue weighted by atomic mass is 35.5. The zero-order valence-corrected chi connectivity index (χ0v) is 11.8. The number of nitrogens with two attached hydrogens (primary N) is 1. The van der Waals surface area contributed by atoms with Crippen LogP contribution in [0.1, 0.15) is 22.5 Å². The predicted molar refractivity (Wildman–Crippen MR) is 75.0 cm³/mol. The van der Waals surface area contributed by atoms with Gasteiger partial charge in [-0.05, 0) is 56.1 Å². The first kappa shape index (κ1) is 14.0. The summed E-state index contributed by atoms with van der Waals surface area (Å²) in [5.74, 6) is -0.289. The van der Waals surface area contributed by atoms with E-state index in [-0.39, 0.29) is 5.82 Å². The molecule has 0 aliphatic rings. The number of hydrogen-bond donors (Lipinski definition) is 1. The highest BCUT2D eigenvalue weighted by molar-refractivity contribution is 6.31. The zero-order valence-electron chi connectivity index (χ0n) is 11.1. The molecule has 0 radical (unpaired) electrons. The van der Waals surface area contributed by atoms with E-state index in [1.54, 1.807) is 6.07 Å². The fraction of sp³-hybridized carbons (Fsp3) is 0.357. The van der Waals surface area contributed by atoms with Crippen LogP contribution >= 0.6 is 11.6 Å². The fourth-order valence-electron chi connectivity index (χ4n) is 2.22. The molecule has 0 aliphatic carbocycles. The molecule has 0 spiro atoms. The maximum Gasteiger partial charge on any atom is 0.123 e. The van der Waals surface area contributed by atoms with Crippen LogP contribution in [0.2, 0.25) is 5.02 Å². The van der Waals surface area contributed by atoms with Crippen LogP contribution in [0, 0.1) is 19.7 Å². The van der Waals surface area contributed by atoms with Gasteiger partial charge >= 0.3 is 0 Å². The van der Waals surface area contributed by atoms with E-state index in [1.165, 1.54) is 12.1 Å². The Balaban J connectivity index is 2.33. The normalized spacial score (nSPS) is 11.0. The lowest BCUT2D eigenvalue weighted by Gasteiger charge is -2.07. The number of halogens is 2. The smallest absolute Gasteiger partial charge is 0.123 e. The highest BCUT2D eigenvalue weighted by Crippen LogP contribution is 2.20. The van der Waals surface area contributed by atoms with Gasteiger partial charge in [0.1, 0.15) is 5.82 Å². The Kier molecular flexibility index (Phi) is 4.22. The lowest BCUT2D eigenvalue weighted by atomic mass is 10.1. The largest absolute Gasteiger partial charge is 0.330 e. The Bertz CT molecular complexity index is 593. The van der Waals surface area contributed by atoms with Crippen LogP contribution in [0.3, 0.4) is 0 Å². The quantitative estimate of drug-likeness (QED) is 0.936. The molecule has 0 fully saturated rings. The van der Waals surface area contributed by atoms with Crippen molar-refractivity contribution in [1.82, 2.24) is 9.78 Å². The minimum absolute atomic E-state index is 0.289. The van der Waals surface area contributed by atoms with Crippen LogP contribution in [0.5, 0.6) is 0 Å². The van der Waals surface area contributed by atoms with Crippen LogP contribution in [-0.2, 0) is 13.0 Å². The second-order valence-electron chi connectivity index (χ2n) is 4.58. The molecule has 3 nitrogen and oxygen atoms in total. The third-order valence-electron chi connectivity index (χ3n) is 3.25. The Morgan fingerprint density at radius 3 is 2.79 bits per heavy atom. The van der Waals surface area contributed by atoms with E-state index >= 15 is 0 Å². The second kappa shape index (κ2) is 5.72. The van der Waals surface area contributed by atoms with Crippen LogP contribution in [-0.4, -0.2) is 16.3 Å². The van der Waals surface area contributed by atoms with Crippen molar-refractivity contribution in [3.05, 3.63) is 51.6 Å². The van der Waals surface area contributed by atoms with Crippen LogP contribution in [0.15, 0.2) is 18.2 Å². The molecular weight excluding hydrogens is 265 g/mol. The highest BCUT2D eigenvalue weighted by Gasteiger charge is 2.12. The van der Waals surface area contributed by atoms with Crippen molar-refractivity contribution in [3.8, 4) is 0 Å². The minimum atomic E-state index is -0.289. The molecular formula is C14H17ClFN3. The molecule has 2 rings (SSSR count). The van der Waals surface area contributed by atoms with Gasteiger partial charge in [0.05, 0.1) is 12.2 Å². The first-order valence-electron chi connectivity index (χ1n) is 6.19. The molecule has 0 bridgehead atoms. The number of hydrogen-bond acceptors (Lipinski definition) is 2. The van der Waals surface area contributed by atoms with E-state index in [9.17, 15) is 4.39 Å². The Hall–Kier alpha value is -1.39. The minimum Gasteiger partial charge on any atom is -0.330 e. The first-order chi connectivity index (χ1) is 9.02. The van der Waals surface area contributed by atoms with E-state index in [0.29, 0.717) is 18.1 Å². The number of benzene rings is 1. The van der Waals surface area contributed by atoms with Gasteiger partial charge in [-0.1, -0.05) is 11.6 Å². The van der Waals surface area contributed by atoms with E-state index < -0.39 is 0 Å². The molecule has 2 aromatic rings. The summed E-state index contributed by atoms with van der Waals surface area (Å²) in [4.78, 5) is 0. The molecule has 1 aromatic carbocycles. The number of aromatic nitrogens is 2. The second-order valence-corrected chi connectivity index (χ2v) is 4.99. The van der Waals surface area contributed by atoms with Gasteiger partial charge in [0.15, 0.2) is 0 Å². The fourth-order valence-corrected chi connectivity index (χ4v) is 2.40. The lowest BCUT2D eigenvalue weighted by molar-refractivity contribution is 0.615. The van der Waals surface area contributed by atoms with Crippen molar-refractivity contribution in [2.24, 2.45) is 5.73 Å². The van der Waals surface area contributed by atoms with Gasteiger partial charge in [-0.25, -0.2) is 4.39 Å². The van der Waals surface area contributed by atoms with Gasteiger partial charge in [0, 0.05) is 10.7 Å².